The molecule has 1 aliphatic rings. The minimum atomic E-state index is -3.76. The number of nitrogens with zero attached hydrogens (tertiary/aromatic N) is 3. The van der Waals surface area contributed by atoms with Gasteiger partial charge in [-0.25, -0.2) is 4.98 Å². The number of carbonyl (C=O) groups is 1. The molecule has 3 heterocycles. The molecule has 140 valence electrons. The summed E-state index contributed by atoms with van der Waals surface area (Å²) < 4.78 is 34.2. The number of amides is 1. The average Bonchev–Trinajstić information content (AvgIpc) is 3.32. The number of aromatic nitrogens is 2. The Hall–Kier alpha value is -3.07. The number of nitrogens with one attached hydrogen (secondary N) is 1. The van der Waals surface area contributed by atoms with Gasteiger partial charge in [0, 0.05) is 32.0 Å². The Balaban J connectivity index is 1.55. The van der Waals surface area contributed by atoms with Gasteiger partial charge in [0.2, 0.25) is 0 Å². The minimum Gasteiger partial charge on any atom is -0.459 e. The van der Waals surface area contributed by atoms with Gasteiger partial charge in [-0.05, 0) is 41.8 Å². The molecule has 0 atom stereocenters. The highest BCUT2D eigenvalue weighted by atomic mass is 32.2. The van der Waals surface area contributed by atoms with Gasteiger partial charge in [0.1, 0.15) is 0 Å². The molecule has 1 N–H and O–H groups in total. The molecule has 0 unspecified atom stereocenters. The van der Waals surface area contributed by atoms with Crippen LogP contribution in [-0.4, -0.2) is 35.3 Å². The Kier molecular flexibility index (Phi) is 4.23. The van der Waals surface area contributed by atoms with Crippen LogP contribution < -0.4 is 4.72 Å². The summed E-state index contributed by atoms with van der Waals surface area (Å²) in [4.78, 5) is 18.1. The summed E-state index contributed by atoms with van der Waals surface area (Å²) in [5.74, 6) is 0.121. The van der Waals surface area contributed by atoms with Crippen molar-refractivity contribution in [1.82, 2.24) is 14.5 Å². The lowest BCUT2D eigenvalue weighted by atomic mass is 9.99. The van der Waals surface area contributed by atoms with Gasteiger partial charge in [-0.2, -0.15) is 8.42 Å². The van der Waals surface area contributed by atoms with Crippen molar-refractivity contribution in [2.24, 2.45) is 7.05 Å². The quantitative estimate of drug-likeness (QED) is 0.740. The van der Waals surface area contributed by atoms with E-state index in [1.54, 1.807) is 40.8 Å². The van der Waals surface area contributed by atoms with Crippen LogP contribution in [-0.2, 0) is 30.0 Å². The lowest BCUT2D eigenvalue weighted by Crippen LogP contribution is -2.35. The number of hydrogen-bond donors (Lipinski definition) is 1. The predicted octanol–water partition coefficient (Wildman–Crippen LogP) is 2.01. The molecule has 0 saturated carbocycles. The largest absolute Gasteiger partial charge is 0.459 e. The Morgan fingerprint density at radius 2 is 2.11 bits per heavy atom. The van der Waals surface area contributed by atoms with E-state index in [0.29, 0.717) is 31.0 Å². The van der Waals surface area contributed by atoms with Gasteiger partial charge in [-0.1, -0.05) is 6.07 Å². The molecular weight excluding hydrogens is 368 g/mol. The smallest absolute Gasteiger partial charge is 0.289 e. The van der Waals surface area contributed by atoms with E-state index in [1.165, 1.54) is 18.8 Å². The Bertz CT molecular complexity index is 1090. The third-order valence-electron chi connectivity index (χ3n) is 4.45. The number of imidazole rings is 1. The van der Waals surface area contributed by atoms with E-state index < -0.39 is 10.0 Å². The van der Waals surface area contributed by atoms with E-state index in [0.717, 1.165) is 11.1 Å². The van der Waals surface area contributed by atoms with Crippen molar-refractivity contribution in [2.75, 3.05) is 11.3 Å². The van der Waals surface area contributed by atoms with Crippen molar-refractivity contribution < 1.29 is 17.6 Å². The monoisotopic (exact) mass is 386 g/mol. The molecule has 0 saturated heterocycles. The highest BCUT2D eigenvalue weighted by Crippen LogP contribution is 2.25. The second-order valence-corrected chi connectivity index (χ2v) is 8.05. The van der Waals surface area contributed by atoms with Gasteiger partial charge in [0.15, 0.2) is 10.8 Å². The number of furan rings is 1. The fourth-order valence-corrected chi connectivity index (χ4v) is 4.12. The molecular formula is C18H18N4O4S. The second kappa shape index (κ2) is 6.58. The van der Waals surface area contributed by atoms with E-state index in [4.69, 9.17) is 4.42 Å². The van der Waals surface area contributed by atoms with Crippen molar-refractivity contribution in [2.45, 2.75) is 18.0 Å². The zero-order valence-corrected chi connectivity index (χ0v) is 15.4. The first-order chi connectivity index (χ1) is 12.9. The van der Waals surface area contributed by atoms with Crippen molar-refractivity contribution in [3.63, 3.8) is 0 Å². The van der Waals surface area contributed by atoms with E-state index in [9.17, 15) is 13.2 Å². The van der Waals surface area contributed by atoms with Crippen LogP contribution in [0.4, 0.5) is 5.69 Å². The first kappa shape index (κ1) is 17.3. The van der Waals surface area contributed by atoms with Crippen LogP contribution in [0.25, 0.3) is 0 Å². The molecule has 0 bridgehead atoms. The Labute approximate surface area is 156 Å². The molecule has 0 fully saturated rings. The van der Waals surface area contributed by atoms with Crippen molar-refractivity contribution in [3.8, 4) is 0 Å². The number of aryl methyl sites for hydroxylation is 1. The second-order valence-electron chi connectivity index (χ2n) is 6.42. The molecule has 2 aromatic heterocycles. The molecule has 8 nitrogen and oxygen atoms in total. The third-order valence-corrected chi connectivity index (χ3v) is 5.71. The van der Waals surface area contributed by atoms with Gasteiger partial charge in [-0.15, -0.1) is 0 Å². The van der Waals surface area contributed by atoms with Crippen LogP contribution in [0.3, 0.4) is 0 Å². The first-order valence-electron chi connectivity index (χ1n) is 8.38. The normalized spacial score (nSPS) is 14.0. The first-order valence-corrected chi connectivity index (χ1v) is 9.86. The number of benzene rings is 1. The molecule has 1 amide bonds. The zero-order chi connectivity index (χ0) is 19.0. The summed E-state index contributed by atoms with van der Waals surface area (Å²) >= 11 is 0. The van der Waals surface area contributed by atoms with Crippen LogP contribution in [0, 0.1) is 0 Å². The molecule has 0 radical (unpaired) electrons. The fraction of sp³-hybridized carbons (Fsp3) is 0.222. The number of hydrogen-bond acceptors (Lipinski definition) is 5. The number of rotatable bonds is 4. The molecule has 1 aromatic carbocycles. The predicted molar refractivity (Wildman–Crippen MR) is 97.6 cm³/mol. The van der Waals surface area contributed by atoms with Crippen molar-refractivity contribution >= 4 is 21.6 Å². The molecule has 9 heteroatoms. The van der Waals surface area contributed by atoms with E-state index >= 15 is 0 Å². The van der Waals surface area contributed by atoms with E-state index in [2.05, 4.69) is 9.71 Å². The van der Waals surface area contributed by atoms with Crippen LogP contribution in [0.1, 0.15) is 21.7 Å². The summed E-state index contributed by atoms with van der Waals surface area (Å²) in [6.45, 7) is 0.986. The maximum absolute atomic E-state index is 12.5. The van der Waals surface area contributed by atoms with Crippen LogP contribution in [0.15, 0.2) is 58.6 Å². The van der Waals surface area contributed by atoms with Crippen LogP contribution >= 0.6 is 0 Å². The summed E-state index contributed by atoms with van der Waals surface area (Å²) in [5.41, 5.74) is 2.44. The number of carbonyl (C=O) groups excluding carboxylic acids is 1. The average molecular weight is 386 g/mol. The molecule has 0 aliphatic carbocycles. The third kappa shape index (κ3) is 3.45. The fourth-order valence-electron chi connectivity index (χ4n) is 3.09. The van der Waals surface area contributed by atoms with Gasteiger partial charge in [-0.3, -0.25) is 9.52 Å². The van der Waals surface area contributed by atoms with Crippen LogP contribution in [0.2, 0.25) is 0 Å². The summed E-state index contributed by atoms with van der Waals surface area (Å²) in [6, 6.07) is 8.69. The highest BCUT2D eigenvalue weighted by Gasteiger charge is 2.24. The van der Waals surface area contributed by atoms with Gasteiger partial charge in [0.25, 0.3) is 15.9 Å². The zero-order valence-electron chi connectivity index (χ0n) is 14.6. The van der Waals surface area contributed by atoms with Crippen LogP contribution in [0.5, 0.6) is 0 Å². The lowest BCUT2D eigenvalue weighted by Gasteiger charge is -2.28. The standard InChI is InChI=1S/C18H18N4O4S/c1-21-11-17(19-12-21)27(24,25)20-15-5-4-13-6-7-22(10-14(13)9-15)18(23)16-3-2-8-26-16/h2-5,8-9,11-12,20H,6-7,10H2,1H3. The van der Waals surface area contributed by atoms with E-state index in [-0.39, 0.29) is 10.9 Å². The van der Waals surface area contributed by atoms with E-state index in [1.807, 2.05) is 6.07 Å². The maximum Gasteiger partial charge on any atom is 0.289 e. The highest BCUT2D eigenvalue weighted by molar-refractivity contribution is 7.92. The molecule has 4 rings (SSSR count). The molecule has 3 aromatic rings. The number of anilines is 1. The van der Waals surface area contributed by atoms with Gasteiger partial charge in [0.05, 0.1) is 12.6 Å². The van der Waals surface area contributed by atoms with Crippen molar-refractivity contribution in [3.05, 3.63) is 66.0 Å². The minimum absolute atomic E-state index is 0.0441. The summed E-state index contributed by atoms with van der Waals surface area (Å²) in [5, 5.41) is -0.0441. The van der Waals surface area contributed by atoms with Gasteiger partial charge < -0.3 is 13.9 Å². The Morgan fingerprint density at radius 1 is 1.26 bits per heavy atom. The summed E-state index contributed by atoms with van der Waals surface area (Å²) in [6.07, 6.45) is 5.04. The summed E-state index contributed by atoms with van der Waals surface area (Å²) in [7, 11) is -2.06. The molecule has 0 spiro atoms. The SMILES string of the molecule is Cn1cnc(S(=O)(=O)Nc2ccc3c(c2)CN(C(=O)c2ccco2)CC3)c1. The number of fused-ring (bicyclic) bond motifs is 1. The lowest BCUT2D eigenvalue weighted by molar-refractivity contribution is 0.0702. The maximum atomic E-state index is 12.5. The molecule has 1 aliphatic heterocycles. The molecule has 27 heavy (non-hydrogen) atoms. The number of sulfonamides is 1. The van der Waals surface area contributed by atoms with Crippen molar-refractivity contribution in [1.29, 1.82) is 0 Å². The Morgan fingerprint density at radius 3 is 2.81 bits per heavy atom. The van der Waals surface area contributed by atoms with Gasteiger partial charge >= 0.3 is 0 Å². The topological polar surface area (TPSA) is 97.4 Å².